The molecule has 0 atom stereocenters. The summed E-state index contributed by atoms with van der Waals surface area (Å²) in [6.45, 7) is 5.68. The Kier molecular flexibility index (Phi) is 4.96. The molecule has 2 heterocycles. The van der Waals surface area contributed by atoms with E-state index in [9.17, 15) is 0 Å². The first-order chi connectivity index (χ1) is 8.79. The van der Waals surface area contributed by atoms with Crippen molar-refractivity contribution in [2.75, 3.05) is 32.1 Å². The highest BCUT2D eigenvalue weighted by Gasteiger charge is 2.18. The zero-order valence-corrected chi connectivity index (χ0v) is 11.4. The molecule has 0 aliphatic carbocycles. The second-order valence-electron chi connectivity index (χ2n) is 4.80. The maximum absolute atomic E-state index is 5.40. The minimum absolute atomic E-state index is 0.628. The molecule has 4 heteroatoms. The lowest BCUT2D eigenvalue weighted by atomic mass is 10.1. The first-order valence-corrected chi connectivity index (χ1v) is 6.77. The molecule has 1 fully saturated rings. The second kappa shape index (κ2) is 6.71. The van der Waals surface area contributed by atoms with E-state index < -0.39 is 0 Å². The van der Waals surface area contributed by atoms with Crippen LogP contribution in [0.15, 0.2) is 18.2 Å². The molecule has 0 unspecified atom stereocenters. The van der Waals surface area contributed by atoms with Gasteiger partial charge in [0.15, 0.2) is 0 Å². The van der Waals surface area contributed by atoms with E-state index in [1.54, 1.807) is 0 Å². The number of anilines is 1. The molecule has 100 valence electrons. The number of ether oxygens (including phenoxy) is 1. The average molecular weight is 249 g/mol. The number of nitrogens with one attached hydrogen (secondary N) is 1. The number of rotatable bonds is 5. The van der Waals surface area contributed by atoms with Gasteiger partial charge in [0, 0.05) is 32.3 Å². The normalized spacial score (nSPS) is 17.1. The molecule has 1 saturated heterocycles. The summed E-state index contributed by atoms with van der Waals surface area (Å²) < 4.78 is 5.40. The minimum Gasteiger partial charge on any atom is -0.381 e. The summed E-state index contributed by atoms with van der Waals surface area (Å²) in [6.07, 6.45) is 2.26. The summed E-state index contributed by atoms with van der Waals surface area (Å²) in [5.74, 6) is 0.968. The molecule has 1 aliphatic rings. The fourth-order valence-electron chi connectivity index (χ4n) is 2.36. The number of hydrogen-bond donors (Lipinski definition) is 1. The van der Waals surface area contributed by atoms with Crippen molar-refractivity contribution in [3.8, 4) is 0 Å². The molecule has 0 spiro atoms. The molecule has 18 heavy (non-hydrogen) atoms. The van der Waals surface area contributed by atoms with E-state index in [1.807, 2.05) is 6.07 Å². The van der Waals surface area contributed by atoms with Crippen molar-refractivity contribution >= 4 is 5.82 Å². The molecular weight excluding hydrogens is 226 g/mol. The van der Waals surface area contributed by atoms with Crippen molar-refractivity contribution in [2.45, 2.75) is 32.4 Å². The van der Waals surface area contributed by atoms with Crippen LogP contribution in [0.3, 0.4) is 0 Å². The van der Waals surface area contributed by atoms with Crippen molar-refractivity contribution in [2.24, 2.45) is 0 Å². The third-order valence-corrected chi connectivity index (χ3v) is 3.39. The van der Waals surface area contributed by atoms with Gasteiger partial charge in [0.1, 0.15) is 5.82 Å². The third kappa shape index (κ3) is 3.68. The van der Waals surface area contributed by atoms with Crippen LogP contribution in [0.25, 0.3) is 0 Å². The number of aromatic nitrogens is 1. The molecule has 0 saturated carbocycles. The summed E-state index contributed by atoms with van der Waals surface area (Å²) in [7, 11) is 2.18. The van der Waals surface area contributed by atoms with Gasteiger partial charge in [0.05, 0.1) is 5.69 Å². The van der Waals surface area contributed by atoms with Crippen LogP contribution in [0.4, 0.5) is 5.82 Å². The molecule has 1 aliphatic heterocycles. The standard InChI is InChI=1S/C14H23N3O/c1-3-15-14-6-4-5-12(16-14)11-17(2)13-7-9-18-10-8-13/h4-6,13H,3,7-11H2,1-2H3,(H,15,16). The van der Waals surface area contributed by atoms with Crippen LogP contribution in [0, 0.1) is 0 Å². The highest BCUT2D eigenvalue weighted by molar-refractivity contribution is 5.34. The SMILES string of the molecule is CCNc1cccc(CN(C)C2CCOCC2)n1. The molecule has 1 aromatic rings. The predicted octanol–water partition coefficient (Wildman–Crippen LogP) is 2.12. The average Bonchev–Trinajstić information content (AvgIpc) is 2.40. The summed E-state index contributed by atoms with van der Waals surface area (Å²) in [5.41, 5.74) is 1.13. The van der Waals surface area contributed by atoms with Crippen LogP contribution in [-0.2, 0) is 11.3 Å². The fourth-order valence-corrected chi connectivity index (χ4v) is 2.36. The molecule has 0 aromatic carbocycles. The molecule has 4 nitrogen and oxygen atoms in total. The summed E-state index contributed by atoms with van der Waals surface area (Å²) >= 11 is 0. The van der Waals surface area contributed by atoms with Gasteiger partial charge >= 0.3 is 0 Å². The van der Waals surface area contributed by atoms with E-state index >= 15 is 0 Å². The maximum Gasteiger partial charge on any atom is 0.126 e. The quantitative estimate of drug-likeness (QED) is 0.867. The van der Waals surface area contributed by atoms with E-state index in [2.05, 4.69) is 41.3 Å². The van der Waals surface area contributed by atoms with E-state index in [1.165, 1.54) is 0 Å². The fraction of sp³-hybridized carbons (Fsp3) is 0.643. The summed E-state index contributed by atoms with van der Waals surface area (Å²) in [4.78, 5) is 7.00. The largest absolute Gasteiger partial charge is 0.381 e. The zero-order valence-electron chi connectivity index (χ0n) is 11.4. The third-order valence-electron chi connectivity index (χ3n) is 3.39. The van der Waals surface area contributed by atoms with E-state index in [4.69, 9.17) is 4.74 Å². The van der Waals surface area contributed by atoms with E-state index in [-0.39, 0.29) is 0 Å². The van der Waals surface area contributed by atoms with Crippen LogP contribution in [-0.4, -0.2) is 42.7 Å². The first-order valence-electron chi connectivity index (χ1n) is 6.77. The molecule has 0 amide bonds. The maximum atomic E-state index is 5.40. The predicted molar refractivity (Wildman–Crippen MR) is 73.7 cm³/mol. The van der Waals surface area contributed by atoms with E-state index in [0.29, 0.717) is 6.04 Å². The van der Waals surface area contributed by atoms with Crippen molar-refractivity contribution in [3.63, 3.8) is 0 Å². The van der Waals surface area contributed by atoms with Crippen molar-refractivity contribution in [1.82, 2.24) is 9.88 Å². The number of nitrogens with zero attached hydrogens (tertiary/aromatic N) is 2. The van der Waals surface area contributed by atoms with Crippen LogP contribution in [0.1, 0.15) is 25.5 Å². The van der Waals surface area contributed by atoms with Crippen molar-refractivity contribution in [3.05, 3.63) is 23.9 Å². The smallest absolute Gasteiger partial charge is 0.126 e. The highest BCUT2D eigenvalue weighted by atomic mass is 16.5. The Balaban J connectivity index is 1.93. The van der Waals surface area contributed by atoms with Gasteiger partial charge in [-0.15, -0.1) is 0 Å². The monoisotopic (exact) mass is 249 g/mol. The first kappa shape index (κ1) is 13.3. The van der Waals surface area contributed by atoms with Gasteiger partial charge in [-0.3, -0.25) is 4.90 Å². The van der Waals surface area contributed by atoms with Crippen LogP contribution < -0.4 is 5.32 Å². The zero-order chi connectivity index (χ0) is 12.8. The Hall–Kier alpha value is -1.13. The molecule has 1 N–H and O–H groups in total. The molecule has 1 aromatic heterocycles. The van der Waals surface area contributed by atoms with Gasteiger partial charge < -0.3 is 10.1 Å². The Labute approximate surface area is 109 Å². The minimum atomic E-state index is 0.628. The van der Waals surface area contributed by atoms with Crippen LogP contribution in [0.5, 0.6) is 0 Å². The molecule has 0 radical (unpaired) electrons. The van der Waals surface area contributed by atoms with Gasteiger partial charge in [0.2, 0.25) is 0 Å². The Morgan fingerprint density at radius 3 is 2.89 bits per heavy atom. The molecular formula is C14H23N3O. The van der Waals surface area contributed by atoms with Gasteiger partial charge in [-0.05, 0) is 38.9 Å². The van der Waals surface area contributed by atoms with Gasteiger partial charge in [-0.2, -0.15) is 0 Å². The Bertz CT molecular complexity index is 364. The lowest BCUT2D eigenvalue weighted by Gasteiger charge is -2.30. The Morgan fingerprint density at radius 2 is 2.17 bits per heavy atom. The number of pyridine rings is 1. The van der Waals surface area contributed by atoms with Gasteiger partial charge in [-0.25, -0.2) is 4.98 Å². The summed E-state index contributed by atoms with van der Waals surface area (Å²) in [5, 5.41) is 3.25. The lowest BCUT2D eigenvalue weighted by molar-refractivity contribution is 0.0403. The van der Waals surface area contributed by atoms with Crippen molar-refractivity contribution < 1.29 is 4.74 Å². The summed E-state index contributed by atoms with van der Waals surface area (Å²) in [6, 6.07) is 6.80. The van der Waals surface area contributed by atoms with Crippen LogP contribution in [0.2, 0.25) is 0 Å². The second-order valence-corrected chi connectivity index (χ2v) is 4.80. The van der Waals surface area contributed by atoms with Gasteiger partial charge in [-0.1, -0.05) is 6.07 Å². The highest BCUT2D eigenvalue weighted by Crippen LogP contribution is 2.15. The molecule has 2 rings (SSSR count). The molecule has 0 bridgehead atoms. The van der Waals surface area contributed by atoms with Crippen LogP contribution >= 0.6 is 0 Å². The van der Waals surface area contributed by atoms with E-state index in [0.717, 1.165) is 50.7 Å². The van der Waals surface area contributed by atoms with Crippen molar-refractivity contribution in [1.29, 1.82) is 0 Å². The Morgan fingerprint density at radius 1 is 1.39 bits per heavy atom. The lowest BCUT2D eigenvalue weighted by Crippen LogP contribution is -2.36. The number of hydrogen-bond acceptors (Lipinski definition) is 4. The van der Waals surface area contributed by atoms with Gasteiger partial charge in [0.25, 0.3) is 0 Å². The topological polar surface area (TPSA) is 37.4 Å².